The molecule has 0 saturated heterocycles. The molecule has 0 bridgehead atoms. The number of terminal acetylenes is 1. The lowest BCUT2D eigenvalue weighted by Gasteiger charge is -2.00. The Morgan fingerprint density at radius 3 is 2.75 bits per heavy atom. The third-order valence-corrected chi connectivity index (χ3v) is 1.96. The maximum absolute atomic E-state index is 8.78. The van der Waals surface area contributed by atoms with Crippen molar-refractivity contribution in [1.29, 1.82) is 5.26 Å². The largest absolute Gasteiger partial charge is 0.192 e. The summed E-state index contributed by atoms with van der Waals surface area (Å²) in [6.45, 7) is 0. The normalized spacial score (nSPS) is 9.12. The van der Waals surface area contributed by atoms with Gasteiger partial charge < -0.3 is 0 Å². The third-order valence-electron chi connectivity index (χ3n) is 1.96. The molecule has 0 unspecified atom stereocenters. The minimum absolute atomic E-state index is 0.310. The van der Waals surface area contributed by atoms with Crippen LogP contribution < -0.4 is 0 Å². The molecule has 5 heteroatoms. The highest BCUT2D eigenvalue weighted by Gasteiger charge is 2.07. The molecule has 5 nitrogen and oxygen atoms in total. The van der Waals surface area contributed by atoms with Gasteiger partial charge in [0.05, 0.1) is 11.6 Å². The van der Waals surface area contributed by atoms with Crippen molar-refractivity contribution in [2.45, 2.75) is 0 Å². The van der Waals surface area contributed by atoms with Crippen LogP contribution in [-0.4, -0.2) is 20.6 Å². The van der Waals surface area contributed by atoms with Crippen molar-refractivity contribution in [3.63, 3.8) is 0 Å². The Kier molecular flexibility index (Phi) is 2.53. The van der Waals surface area contributed by atoms with Crippen molar-refractivity contribution in [2.24, 2.45) is 0 Å². The molecule has 0 aliphatic carbocycles. The molecule has 1 heterocycles. The van der Waals surface area contributed by atoms with E-state index in [2.05, 4.69) is 26.5 Å². The van der Waals surface area contributed by atoms with Gasteiger partial charge in [-0.05, 0) is 28.5 Å². The van der Waals surface area contributed by atoms with E-state index in [1.807, 2.05) is 6.07 Å². The predicted octanol–water partition coefficient (Wildman–Crippen LogP) is 0.787. The highest BCUT2D eigenvalue weighted by molar-refractivity contribution is 5.65. The van der Waals surface area contributed by atoms with Crippen LogP contribution in [-0.2, 0) is 0 Å². The van der Waals surface area contributed by atoms with Gasteiger partial charge >= 0.3 is 0 Å². The molecule has 0 radical (unpaired) electrons. The minimum atomic E-state index is 0.310. The van der Waals surface area contributed by atoms with Gasteiger partial charge in [-0.25, -0.2) is 0 Å². The number of aromatic nitrogens is 4. The SMILES string of the molecule is C#Cc1nnnnc1-c1cccc(C#N)c1. The third kappa shape index (κ3) is 1.70. The van der Waals surface area contributed by atoms with Gasteiger partial charge in [0.1, 0.15) is 5.69 Å². The van der Waals surface area contributed by atoms with Crippen molar-refractivity contribution in [2.75, 3.05) is 0 Å². The molecule has 0 spiro atoms. The Bertz CT molecular complexity index is 606. The lowest BCUT2D eigenvalue weighted by Crippen LogP contribution is -1.99. The van der Waals surface area contributed by atoms with E-state index in [1.54, 1.807) is 24.3 Å². The van der Waals surface area contributed by atoms with Gasteiger partial charge in [-0.3, -0.25) is 0 Å². The van der Waals surface area contributed by atoms with Crippen LogP contribution in [0, 0.1) is 23.7 Å². The smallest absolute Gasteiger partial charge is 0.165 e. The second kappa shape index (κ2) is 4.16. The molecular formula is C11H5N5. The fourth-order valence-electron chi connectivity index (χ4n) is 1.25. The monoisotopic (exact) mass is 207 g/mol. The van der Waals surface area contributed by atoms with Gasteiger partial charge in [0.25, 0.3) is 0 Å². The second-order valence-corrected chi connectivity index (χ2v) is 2.91. The highest BCUT2D eigenvalue weighted by atomic mass is 15.4. The molecule has 74 valence electrons. The molecule has 1 aromatic heterocycles. The summed E-state index contributed by atoms with van der Waals surface area (Å²) in [5, 5.41) is 23.1. The molecule has 1 aromatic carbocycles. The summed E-state index contributed by atoms with van der Waals surface area (Å²) in [6, 6.07) is 8.94. The fourth-order valence-corrected chi connectivity index (χ4v) is 1.25. The molecule has 0 aliphatic heterocycles. The van der Waals surface area contributed by atoms with E-state index in [1.165, 1.54) is 0 Å². The topological polar surface area (TPSA) is 75.3 Å². The fraction of sp³-hybridized carbons (Fsp3) is 0. The molecule has 2 aromatic rings. The van der Waals surface area contributed by atoms with E-state index in [-0.39, 0.29) is 0 Å². The van der Waals surface area contributed by atoms with Crippen LogP contribution in [0.3, 0.4) is 0 Å². The first kappa shape index (κ1) is 9.75. The maximum atomic E-state index is 8.78. The number of hydrogen-bond donors (Lipinski definition) is 0. The number of rotatable bonds is 1. The van der Waals surface area contributed by atoms with Gasteiger partial charge in [0.2, 0.25) is 0 Å². The van der Waals surface area contributed by atoms with E-state index >= 15 is 0 Å². The van der Waals surface area contributed by atoms with E-state index in [0.29, 0.717) is 22.5 Å². The van der Waals surface area contributed by atoms with Crippen molar-refractivity contribution in [3.8, 4) is 29.7 Å². The minimum Gasteiger partial charge on any atom is -0.192 e. The first-order chi connectivity index (χ1) is 7.85. The van der Waals surface area contributed by atoms with Gasteiger partial charge in [-0.2, -0.15) is 5.26 Å². The zero-order chi connectivity index (χ0) is 11.4. The number of benzene rings is 1. The van der Waals surface area contributed by atoms with Crippen LogP contribution in [0.25, 0.3) is 11.3 Å². The van der Waals surface area contributed by atoms with Gasteiger partial charge in [-0.15, -0.1) is 16.6 Å². The Morgan fingerprint density at radius 2 is 2.00 bits per heavy atom. The average Bonchev–Trinajstić information content (AvgIpc) is 2.38. The molecular weight excluding hydrogens is 202 g/mol. The Hall–Kier alpha value is -2.79. The molecule has 2 rings (SSSR count). The molecule has 16 heavy (non-hydrogen) atoms. The molecule has 0 saturated carbocycles. The summed E-state index contributed by atoms with van der Waals surface area (Å²) in [7, 11) is 0. The first-order valence-electron chi connectivity index (χ1n) is 4.38. The van der Waals surface area contributed by atoms with Crippen LogP contribution in [0.2, 0.25) is 0 Å². The lowest BCUT2D eigenvalue weighted by molar-refractivity contribution is 0.760. The Morgan fingerprint density at radius 1 is 1.19 bits per heavy atom. The van der Waals surface area contributed by atoms with Crippen molar-refractivity contribution >= 4 is 0 Å². The van der Waals surface area contributed by atoms with Crippen molar-refractivity contribution in [3.05, 3.63) is 35.5 Å². The number of hydrogen-bond acceptors (Lipinski definition) is 5. The Balaban J connectivity index is 2.60. The van der Waals surface area contributed by atoms with Crippen LogP contribution in [0.4, 0.5) is 0 Å². The van der Waals surface area contributed by atoms with E-state index in [4.69, 9.17) is 11.7 Å². The first-order valence-corrected chi connectivity index (χ1v) is 4.38. The summed E-state index contributed by atoms with van der Waals surface area (Å²) in [6.07, 6.45) is 5.27. The quantitative estimate of drug-likeness (QED) is 0.646. The molecule has 0 aliphatic rings. The van der Waals surface area contributed by atoms with Crippen LogP contribution in [0.5, 0.6) is 0 Å². The molecule has 0 amide bonds. The summed E-state index contributed by atoms with van der Waals surface area (Å²) >= 11 is 0. The van der Waals surface area contributed by atoms with Gasteiger partial charge in [0.15, 0.2) is 5.69 Å². The van der Waals surface area contributed by atoms with E-state index < -0.39 is 0 Å². The second-order valence-electron chi connectivity index (χ2n) is 2.91. The zero-order valence-corrected chi connectivity index (χ0v) is 8.12. The number of nitriles is 1. The van der Waals surface area contributed by atoms with Crippen molar-refractivity contribution < 1.29 is 0 Å². The standard InChI is InChI=1S/C11H5N5/c1-2-10-11(14-16-15-13-10)9-5-3-4-8(6-9)7-12/h1,3-6H. The molecule has 0 fully saturated rings. The summed E-state index contributed by atoms with van der Waals surface area (Å²) in [5.74, 6) is 2.37. The number of nitrogens with zero attached hydrogens (tertiary/aromatic N) is 5. The summed E-state index contributed by atoms with van der Waals surface area (Å²) in [5.41, 5.74) is 1.99. The van der Waals surface area contributed by atoms with Crippen LogP contribution >= 0.6 is 0 Å². The summed E-state index contributed by atoms with van der Waals surface area (Å²) < 4.78 is 0. The van der Waals surface area contributed by atoms with E-state index in [0.717, 1.165) is 0 Å². The predicted molar refractivity (Wildman–Crippen MR) is 55.7 cm³/mol. The summed E-state index contributed by atoms with van der Waals surface area (Å²) in [4.78, 5) is 0. The van der Waals surface area contributed by atoms with Crippen molar-refractivity contribution in [1.82, 2.24) is 20.6 Å². The Labute approximate surface area is 91.8 Å². The van der Waals surface area contributed by atoms with Gasteiger partial charge in [-0.1, -0.05) is 12.1 Å². The van der Waals surface area contributed by atoms with Crippen LogP contribution in [0.15, 0.2) is 24.3 Å². The lowest BCUT2D eigenvalue weighted by atomic mass is 10.1. The van der Waals surface area contributed by atoms with Crippen LogP contribution in [0.1, 0.15) is 11.3 Å². The van der Waals surface area contributed by atoms with Gasteiger partial charge in [0, 0.05) is 5.56 Å². The van der Waals surface area contributed by atoms with E-state index in [9.17, 15) is 0 Å². The maximum Gasteiger partial charge on any atom is 0.165 e. The average molecular weight is 207 g/mol. The molecule has 0 atom stereocenters. The highest BCUT2D eigenvalue weighted by Crippen LogP contribution is 2.18. The zero-order valence-electron chi connectivity index (χ0n) is 8.12. The molecule has 0 N–H and O–H groups in total.